The van der Waals surface area contributed by atoms with Crippen molar-refractivity contribution in [2.75, 3.05) is 0 Å². The standard InChI is InChI=1S/C13H7BrN2OS/c14-8-5-7-12(17)10-9-6(1-3-15-10)2-4-16-11(9)13(7)18-8/h1-5,7,13H. The summed E-state index contributed by atoms with van der Waals surface area (Å²) in [4.78, 5) is 21.2. The van der Waals surface area contributed by atoms with Crippen LogP contribution < -0.4 is 0 Å². The van der Waals surface area contributed by atoms with E-state index in [0.717, 1.165) is 20.3 Å². The predicted molar refractivity (Wildman–Crippen MR) is 74.7 cm³/mol. The molecule has 88 valence electrons. The molecular weight excluding hydrogens is 312 g/mol. The molecule has 2 unspecified atom stereocenters. The average molecular weight is 319 g/mol. The third-order valence-electron chi connectivity index (χ3n) is 3.39. The Labute approximate surface area is 116 Å². The molecule has 0 radical (unpaired) electrons. The van der Waals surface area contributed by atoms with Gasteiger partial charge in [-0.3, -0.25) is 14.8 Å². The van der Waals surface area contributed by atoms with Gasteiger partial charge >= 0.3 is 0 Å². The zero-order chi connectivity index (χ0) is 12.3. The average Bonchev–Trinajstić information content (AvgIpc) is 2.78. The van der Waals surface area contributed by atoms with E-state index in [-0.39, 0.29) is 17.0 Å². The number of halogens is 1. The van der Waals surface area contributed by atoms with Crippen LogP contribution in [0.2, 0.25) is 0 Å². The van der Waals surface area contributed by atoms with E-state index >= 15 is 0 Å². The maximum absolute atomic E-state index is 12.5. The smallest absolute Gasteiger partial charge is 0.190 e. The molecule has 3 nitrogen and oxygen atoms in total. The fraction of sp³-hybridized carbons (Fsp3) is 0.154. The summed E-state index contributed by atoms with van der Waals surface area (Å²) in [6, 6.07) is 3.86. The lowest BCUT2D eigenvalue weighted by atomic mass is 9.86. The number of aromatic nitrogens is 2. The third kappa shape index (κ3) is 1.29. The summed E-state index contributed by atoms with van der Waals surface area (Å²) in [6.07, 6.45) is 5.47. The van der Waals surface area contributed by atoms with Gasteiger partial charge in [-0.2, -0.15) is 0 Å². The van der Waals surface area contributed by atoms with E-state index in [0.29, 0.717) is 5.69 Å². The quantitative estimate of drug-likeness (QED) is 0.746. The Morgan fingerprint density at radius 3 is 2.83 bits per heavy atom. The fourth-order valence-corrected chi connectivity index (χ4v) is 4.60. The van der Waals surface area contributed by atoms with Crippen LogP contribution in [0.3, 0.4) is 0 Å². The zero-order valence-corrected chi connectivity index (χ0v) is 11.5. The highest BCUT2D eigenvalue weighted by atomic mass is 79.9. The minimum Gasteiger partial charge on any atom is -0.292 e. The normalized spacial score (nSPS) is 25.2. The van der Waals surface area contributed by atoms with Crippen molar-refractivity contribution < 1.29 is 4.79 Å². The minimum atomic E-state index is -0.134. The van der Waals surface area contributed by atoms with Gasteiger partial charge in [0.2, 0.25) is 0 Å². The summed E-state index contributed by atoms with van der Waals surface area (Å²) in [5, 5.41) is 2.06. The van der Waals surface area contributed by atoms with Crippen LogP contribution in [0.4, 0.5) is 0 Å². The molecule has 3 heterocycles. The second-order valence-electron chi connectivity index (χ2n) is 4.35. The molecule has 2 aromatic heterocycles. The number of Topliss-reactive ketones (excluding diaryl/α,β-unsaturated/α-hetero) is 1. The SMILES string of the molecule is O=C1c2nccc3ccnc(c23)C2SC(Br)=CC12. The first-order chi connectivity index (χ1) is 8.75. The van der Waals surface area contributed by atoms with Gasteiger partial charge in [-0.25, -0.2) is 0 Å². The van der Waals surface area contributed by atoms with Gasteiger partial charge in [-0.15, -0.1) is 11.8 Å². The van der Waals surface area contributed by atoms with E-state index < -0.39 is 0 Å². The number of carbonyl (C=O) groups excluding carboxylic acids is 1. The van der Waals surface area contributed by atoms with Crippen molar-refractivity contribution in [3.8, 4) is 0 Å². The lowest BCUT2D eigenvalue weighted by molar-refractivity contribution is 0.0937. The van der Waals surface area contributed by atoms with Gasteiger partial charge in [0.05, 0.1) is 16.9 Å². The molecule has 4 rings (SSSR count). The summed E-state index contributed by atoms with van der Waals surface area (Å²) in [5.74, 6) is -0.0297. The van der Waals surface area contributed by atoms with Crippen molar-refractivity contribution in [2.24, 2.45) is 5.92 Å². The van der Waals surface area contributed by atoms with Crippen LogP contribution in [0, 0.1) is 5.92 Å². The Morgan fingerprint density at radius 2 is 2.00 bits per heavy atom. The van der Waals surface area contributed by atoms with Crippen molar-refractivity contribution in [2.45, 2.75) is 5.25 Å². The number of carbonyl (C=O) groups is 1. The predicted octanol–water partition coefficient (Wildman–Crippen LogP) is 3.47. The highest BCUT2D eigenvalue weighted by Gasteiger charge is 2.41. The van der Waals surface area contributed by atoms with Gasteiger partial charge in [-0.05, 0) is 33.4 Å². The van der Waals surface area contributed by atoms with Crippen molar-refractivity contribution in [1.82, 2.24) is 9.97 Å². The number of ketones is 1. The second kappa shape index (κ2) is 3.65. The number of rotatable bonds is 0. The Bertz CT molecular complexity index is 723. The van der Waals surface area contributed by atoms with Crippen LogP contribution >= 0.6 is 27.7 Å². The largest absolute Gasteiger partial charge is 0.292 e. The van der Waals surface area contributed by atoms with Crippen LogP contribution in [0.5, 0.6) is 0 Å². The lowest BCUT2D eigenvalue weighted by Gasteiger charge is -2.24. The van der Waals surface area contributed by atoms with Crippen LogP contribution in [-0.2, 0) is 0 Å². The molecule has 2 aromatic rings. The molecule has 2 atom stereocenters. The molecular formula is C13H7BrN2OS. The van der Waals surface area contributed by atoms with Gasteiger partial charge in [-0.1, -0.05) is 6.08 Å². The van der Waals surface area contributed by atoms with E-state index in [4.69, 9.17) is 0 Å². The highest BCUT2D eigenvalue weighted by Crippen LogP contribution is 2.53. The van der Waals surface area contributed by atoms with Gasteiger partial charge in [0.25, 0.3) is 0 Å². The first kappa shape index (κ1) is 10.7. The third-order valence-corrected chi connectivity index (χ3v) is 5.35. The molecule has 2 aliphatic rings. The number of thioether (sulfide) groups is 1. The molecule has 0 N–H and O–H groups in total. The van der Waals surface area contributed by atoms with Crippen LogP contribution in [0.1, 0.15) is 21.4 Å². The summed E-state index contributed by atoms with van der Waals surface area (Å²) in [7, 11) is 0. The number of fused-ring (bicyclic) bond motifs is 2. The van der Waals surface area contributed by atoms with E-state index in [1.54, 1.807) is 24.2 Å². The summed E-state index contributed by atoms with van der Waals surface area (Å²) in [6.45, 7) is 0. The van der Waals surface area contributed by atoms with Crippen LogP contribution in [0.15, 0.2) is 34.4 Å². The number of hydrogen-bond donors (Lipinski definition) is 0. The van der Waals surface area contributed by atoms with Gasteiger partial charge in [0, 0.05) is 21.6 Å². The number of allylic oxidation sites excluding steroid dienone is 1. The van der Waals surface area contributed by atoms with Crippen molar-refractivity contribution in [1.29, 1.82) is 0 Å². The summed E-state index contributed by atoms with van der Waals surface area (Å²) < 4.78 is 1.01. The van der Waals surface area contributed by atoms with Gasteiger partial charge in [0.1, 0.15) is 5.69 Å². The molecule has 0 spiro atoms. The van der Waals surface area contributed by atoms with Crippen molar-refractivity contribution in [3.05, 3.63) is 45.8 Å². The van der Waals surface area contributed by atoms with Crippen molar-refractivity contribution >= 4 is 44.2 Å². The maximum atomic E-state index is 12.5. The zero-order valence-electron chi connectivity index (χ0n) is 9.13. The fourth-order valence-electron chi connectivity index (χ4n) is 2.61. The number of nitrogens with zero attached hydrogens (tertiary/aromatic N) is 2. The van der Waals surface area contributed by atoms with E-state index in [1.807, 2.05) is 18.2 Å². The highest BCUT2D eigenvalue weighted by molar-refractivity contribution is 9.14. The summed E-state index contributed by atoms with van der Waals surface area (Å²) in [5.41, 5.74) is 1.55. The molecule has 1 aliphatic carbocycles. The summed E-state index contributed by atoms with van der Waals surface area (Å²) >= 11 is 5.13. The first-order valence-electron chi connectivity index (χ1n) is 5.57. The van der Waals surface area contributed by atoms with Crippen molar-refractivity contribution in [3.63, 3.8) is 0 Å². The molecule has 0 amide bonds. The Balaban J connectivity index is 2.10. The Hall–Kier alpha value is -1.20. The molecule has 0 saturated carbocycles. The van der Waals surface area contributed by atoms with Gasteiger partial charge < -0.3 is 0 Å². The van der Waals surface area contributed by atoms with E-state index in [1.165, 1.54) is 0 Å². The Kier molecular flexibility index (Phi) is 2.17. The number of hydrogen-bond acceptors (Lipinski definition) is 4. The van der Waals surface area contributed by atoms with Crippen LogP contribution in [0.25, 0.3) is 10.8 Å². The Morgan fingerprint density at radius 1 is 1.22 bits per heavy atom. The maximum Gasteiger partial charge on any atom is 0.190 e. The molecule has 0 fully saturated rings. The first-order valence-corrected chi connectivity index (χ1v) is 7.25. The van der Waals surface area contributed by atoms with Gasteiger partial charge in [0.15, 0.2) is 5.78 Å². The van der Waals surface area contributed by atoms with Crippen LogP contribution in [-0.4, -0.2) is 15.8 Å². The van der Waals surface area contributed by atoms with E-state index in [2.05, 4.69) is 25.9 Å². The number of pyridine rings is 2. The molecule has 0 aromatic carbocycles. The topological polar surface area (TPSA) is 42.9 Å². The molecule has 0 saturated heterocycles. The minimum absolute atomic E-state index is 0.0901. The lowest BCUT2D eigenvalue weighted by Crippen LogP contribution is -2.24. The monoisotopic (exact) mass is 318 g/mol. The molecule has 1 aliphatic heterocycles. The molecule has 18 heavy (non-hydrogen) atoms. The molecule has 0 bridgehead atoms. The second-order valence-corrected chi connectivity index (χ2v) is 6.92. The van der Waals surface area contributed by atoms with E-state index in [9.17, 15) is 4.79 Å². The molecule has 5 heteroatoms.